The molecule has 0 radical (unpaired) electrons. The first-order valence-corrected chi connectivity index (χ1v) is 12.8. The number of benzene rings is 6. The number of fused-ring (bicyclic) bond motifs is 4. The topological polar surface area (TPSA) is 30.2 Å². The van der Waals surface area contributed by atoms with E-state index in [1.165, 1.54) is 27.5 Å². The van der Waals surface area contributed by atoms with Crippen LogP contribution >= 0.6 is 0 Å². The monoisotopic (exact) mass is 488 g/mol. The fraction of sp³-hybridized carbons (Fsp3) is 0.0278. The molecule has 1 atom stereocenters. The summed E-state index contributed by atoms with van der Waals surface area (Å²) >= 11 is 0. The van der Waals surface area contributed by atoms with Gasteiger partial charge in [-0.3, -0.25) is 0 Å². The van der Waals surface area contributed by atoms with Crippen LogP contribution < -0.4 is 5.63 Å². The third kappa shape index (κ3) is 3.79. The summed E-state index contributed by atoms with van der Waals surface area (Å²) in [6.07, 6.45) is 0. The average Bonchev–Trinajstić information content (AvgIpc) is 2.98. The van der Waals surface area contributed by atoms with Crippen molar-refractivity contribution in [1.29, 1.82) is 0 Å². The first kappa shape index (κ1) is 22.3. The fourth-order valence-electron chi connectivity index (χ4n) is 5.63. The predicted octanol–water partition coefficient (Wildman–Crippen LogP) is 8.95. The smallest absolute Gasteiger partial charge is 0.344 e. The van der Waals surface area contributed by atoms with Crippen molar-refractivity contribution in [1.82, 2.24) is 0 Å². The zero-order chi connectivity index (χ0) is 25.5. The normalized spacial score (nSPS) is 12.2. The summed E-state index contributed by atoms with van der Waals surface area (Å²) in [7, 11) is 0. The Labute approximate surface area is 220 Å². The van der Waals surface area contributed by atoms with Crippen molar-refractivity contribution >= 4 is 32.5 Å². The minimum atomic E-state index is -0.325. The van der Waals surface area contributed by atoms with Crippen LogP contribution in [0.1, 0.15) is 22.6 Å². The van der Waals surface area contributed by atoms with Gasteiger partial charge >= 0.3 is 5.63 Å². The van der Waals surface area contributed by atoms with E-state index in [0.29, 0.717) is 11.1 Å². The van der Waals surface area contributed by atoms with Gasteiger partial charge in [0, 0.05) is 11.3 Å². The molecule has 0 saturated heterocycles. The van der Waals surface area contributed by atoms with Crippen LogP contribution in [0.15, 0.2) is 149 Å². The van der Waals surface area contributed by atoms with Crippen molar-refractivity contribution in [2.75, 3.05) is 0 Å². The third-order valence-corrected chi connectivity index (χ3v) is 7.46. The predicted molar refractivity (Wildman–Crippen MR) is 157 cm³/mol. The molecule has 0 saturated carbocycles. The van der Waals surface area contributed by atoms with E-state index in [4.69, 9.17) is 4.42 Å². The highest BCUT2D eigenvalue weighted by molar-refractivity contribution is 6.06. The molecule has 180 valence electrons. The standard InChI is InChI=1S/C36H24O2/c37-36-32(23-33-30-15-7-5-10-25(30)21-22-34(33)38-36)26-17-19-28(20-18-26)35(27-11-2-1-3-12-27)31-16-8-13-24-9-4-6-14-29(24)31/h1-23,35H. The van der Waals surface area contributed by atoms with Gasteiger partial charge in [0.25, 0.3) is 0 Å². The van der Waals surface area contributed by atoms with Crippen molar-refractivity contribution in [2.24, 2.45) is 0 Å². The molecular formula is C36H24O2. The molecular weight excluding hydrogens is 464 g/mol. The largest absolute Gasteiger partial charge is 0.422 e. The van der Waals surface area contributed by atoms with E-state index in [0.717, 1.165) is 21.7 Å². The molecule has 0 spiro atoms. The molecule has 0 amide bonds. The molecule has 0 fully saturated rings. The number of rotatable bonds is 4. The molecule has 0 N–H and O–H groups in total. The van der Waals surface area contributed by atoms with Crippen molar-refractivity contribution in [3.8, 4) is 11.1 Å². The summed E-state index contributed by atoms with van der Waals surface area (Å²) < 4.78 is 5.76. The summed E-state index contributed by atoms with van der Waals surface area (Å²) in [5, 5.41) is 5.61. The van der Waals surface area contributed by atoms with Gasteiger partial charge in [0.05, 0.1) is 5.56 Å². The highest BCUT2D eigenvalue weighted by atomic mass is 16.4. The fourth-order valence-corrected chi connectivity index (χ4v) is 5.63. The molecule has 2 heteroatoms. The van der Waals surface area contributed by atoms with E-state index in [-0.39, 0.29) is 11.5 Å². The second-order valence-corrected chi connectivity index (χ2v) is 9.68. The van der Waals surface area contributed by atoms with E-state index in [2.05, 4.69) is 97.1 Å². The van der Waals surface area contributed by atoms with E-state index >= 15 is 0 Å². The van der Waals surface area contributed by atoms with Crippen molar-refractivity contribution in [3.05, 3.63) is 167 Å². The first-order valence-electron chi connectivity index (χ1n) is 12.8. The second kappa shape index (κ2) is 9.17. The molecule has 0 aliphatic rings. The Kier molecular flexibility index (Phi) is 5.37. The van der Waals surface area contributed by atoms with Crippen LogP contribution in [-0.2, 0) is 0 Å². The minimum absolute atomic E-state index is 0.0632. The quantitative estimate of drug-likeness (QED) is 0.141. The van der Waals surface area contributed by atoms with E-state index in [1.807, 2.05) is 42.5 Å². The molecule has 7 rings (SSSR count). The van der Waals surface area contributed by atoms with Crippen LogP contribution in [0.25, 0.3) is 43.6 Å². The molecule has 2 nitrogen and oxygen atoms in total. The zero-order valence-electron chi connectivity index (χ0n) is 20.7. The van der Waals surface area contributed by atoms with E-state index in [1.54, 1.807) is 0 Å². The molecule has 0 aliphatic heterocycles. The van der Waals surface area contributed by atoms with Crippen LogP contribution in [-0.4, -0.2) is 0 Å². The average molecular weight is 489 g/mol. The summed E-state index contributed by atoms with van der Waals surface area (Å²) in [5.74, 6) is 0.0632. The molecule has 1 unspecified atom stereocenters. The maximum Gasteiger partial charge on any atom is 0.344 e. The van der Waals surface area contributed by atoms with Crippen molar-refractivity contribution in [3.63, 3.8) is 0 Å². The van der Waals surface area contributed by atoms with Gasteiger partial charge in [-0.15, -0.1) is 0 Å². The lowest BCUT2D eigenvalue weighted by molar-refractivity contribution is 0.564. The molecule has 0 aliphatic carbocycles. The van der Waals surface area contributed by atoms with Gasteiger partial charge in [0.2, 0.25) is 0 Å². The van der Waals surface area contributed by atoms with Crippen LogP contribution in [0.4, 0.5) is 0 Å². The molecule has 1 aromatic heterocycles. The Morgan fingerprint density at radius 2 is 1.13 bits per heavy atom. The summed E-state index contributed by atoms with van der Waals surface area (Å²) in [4.78, 5) is 13.0. The molecule has 6 aromatic carbocycles. The van der Waals surface area contributed by atoms with Gasteiger partial charge < -0.3 is 4.42 Å². The molecule has 1 heterocycles. The summed E-state index contributed by atoms with van der Waals surface area (Å²) in [6, 6.07) is 48.0. The van der Waals surface area contributed by atoms with Crippen LogP contribution in [0.5, 0.6) is 0 Å². The Morgan fingerprint density at radius 3 is 1.92 bits per heavy atom. The van der Waals surface area contributed by atoms with Gasteiger partial charge in [-0.1, -0.05) is 127 Å². The van der Waals surface area contributed by atoms with E-state index in [9.17, 15) is 4.79 Å². The van der Waals surface area contributed by atoms with Gasteiger partial charge in [-0.25, -0.2) is 4.79 Å². The Hall–Kier alpha value is -4.95. The second-order valence-electron chi connectivity index (χ2n) is 9.68. The number of hydrogen-bond donors (Lipinski definition) is 0. The lowest BCUT2D eigenvalue weighted by Crippen LogP contribution is -2.05. The minimum Gasteiger partial charge on any atom is -0.422 e. The van der Waals surface area contributed by atoms with Gasteiger partial charge in [-0.05, 0) is 55.9 Å². The van der Waals surface area contributed by atoms with Gasteiger partial charge in [-0.2, -0.15) is 0 Å². The van der Waals surface area contributed by atoms with Crippen LogP contribution in [0.3, 0.4) is 0 Å². The zero-order valence-corrected chi connectivity index (χ0v) is 20.7. The van der Waals surface area contributed by atoms with Crippen molar-refractivity contribution in [2.45, 2.75) is 5.92 Å². The van der Waals surface area contributed by atoms with Gasteiger partial charge in [0.1, 0.15) is 5.58 Å². The SMILES string of the molecule is O=c1oc2ccc3ccccc3c2cc1-c1ccc(C(c2ccccc2)c2cccc3ccccc23)cc1. The van der Waals surface area contributed by atoms with Gasteiger partial charge in [0.15, 0.2) is 0 Å². The number of hydrogen-bond acceptors (Lipinski definition) is 2. The highest BCUT2D eigenvalue weighted by Gasteiger charge is 2.19. The summed E-state index contributed by atoms with van der Waals surface area (Å²) in [6.45, 7) is 0. The lowest BCUT2D eigenvalue weighted by Gasteiger charge is -2.21. The molecule has 38 heavy (non-hydrogen) atoms. The van der Waals surface area contributed by atoms with Crippen molar-refractivity contribution < 1.29 is 4.42 Å². The summed E-state index contributed by atoms with van der Waals surface area (Å²) in [5.41, 5.74) is 5.37. The highest BCUT2D eigenvalue weighted by Crippen LogP contribution is 2.37. The Bertz CT molecular complexity index is 1980. The van der Waals surface area contributed by atoms with Crippen LogP contribution in [0, 0.1) is 0 Å². The first-order chi connectivity index (χ1) is 18.8. The molecule has 7 aromatic rings. The third-order valence-electron chi connectivity index (χ3n) is 7.46. The Balaban J connectivity index is 1.37. The maximum absolute atomic E-state index is 13.0. The lowest BCUT2D eigenvalue weighted by atomic mass is 9.82. The maximum atomic E-state index is 13.0. The van der Waals surface area contributed by atoms with Crippen LogP contribution in [0.2, 0.25) is 0 Å². The molecule has 0 bridgehead atoms. The Morgan fingerprint density at radius 1 is 0.500 bits per heavy atom. The van der Waals surface area contributed by atoms with E-state index < -0.39 is 0 Å².